The molecule has 0 atom stereocenters. The van der Waals surface area contributed by atoms with Crippen molar-refractivity contribution in [3.05, 3.63) is 11.9 Å². The Morgan fingerprint density at radius 1 is 1.38 bits per heavy atom. The van der Waals surface area contributed by atoms with Crippen molar-refractivity contribution in [1.82, 2.24) is 20.3 Å². The minimum atomic E-state index is -0.321. The minimum Gasteiger partial charge on any atom is -0.375 e. The van der Waals surface area contributed by atoms with Crippen LogP contribution in [-0.4, -0.2) is 38.0 Å². The maximum absolute atomic E-state index is 11.0. The van der Waals surface area contributed by atoms with Gasteiger partial charge in [-0.1, -0.05) is 17.8 Å². The van der Waals surface area contributed by atoms with Crippen molar-refractivity contribution in [3.8, 4) is 0 Å². The van der Waals surface area contributed by atoms with Gasteiger partial charge >= 0.3 is 0 Å². The molecule has 0 aromatic carbocycles. The van der Waals surface area contributed by atoms with E-state index in [1.807, 2.05) is 31.6 Å². The normalized spacial score (nSPS) is 12.5. The van der Waals surface area contributed by atoms with Crippen molar-refractivity contribution < 1.29 is 9.53 Å². The first-order valence-electron chi connectivity index (χ1n) is 7.11. The van der Waals surface area contributed by atoms with E-state index in [4.69, 9.17) is 4.74 Å². The number of nitrogens with zero attached hydrogens (tertiary/aromatic N) is 3. The summed E-state index contributed by atoms with van der Waals surface area (Å²) in [6.07, 6.45) is 3.49. The summed E-state index contributed by atoms with van der Waals surface area (Å²) in [6.45, 7) is 11.3. The molecule has 0 saturated carbocycles. The summed E-state index contributed by atoms with van der Waals surface area (Å²) < 4.78 is 7.76. The third-order valence-electron chi connectivity index (χ3n) is 3.26. The SMILES string of the molecule is Cc1cn(CCC(C)(C)OCCC(C)(C)NC(=O)S)nn1. The van der Waals surface area contributed by atoms with Gasteiger partial charge in [-0.15, -0.1) is 5.10 Å². The second-order valence-electron chi connectivity index (χ2n) is 6.55. The second kappa shape index (κ2) is 7.26. The molecule has 21 heavy (non-hydrogen) atoms. The number of carbonyl (C=O) groups excluding carboxylic acids is 1. The molecule has 1 aromatic heterocycles. The lowest BCUT2D eigenvalue weighted by atomic mass is 10.0. The monoisotopic (exact) mass is 314 g/mol. The second-order valence-corrected chi connectivity index (χ2v) is 6.95. The van der Waals surface area contributed by atoms with Gasteiger partial charge in [0.1, 0.15) is 0 Å². The molecule has 120 valence electrons. The Morgan fingerprint density at radius 2 is 2.05 bits per heavy atom. The molecule has 0 aliphatic carbocycles. The zero-order valence-electron chi connectivity index (χ0n) is 13.5. The Hall–Kier alpha value is -1.08. The molecule has 1 N–H and O–H groups in total. The van der Waals surface area contributed by atoms with Crippen LogP contribution in [0.15, 0.2) is 6.20 Å². The molecule has 0 spiro atoms. The van der Waals surface area contributed by atoms with Crippen LogP contribution in [-0.2, 0) is 11.3 Å². The fourth-order valence-electron chi connectivity index (χ4n) is 1.89. The number of thiol groups is 1. The lowest BCUT2D eigenvalue weighted by molar-refractivity contribution is -0.0332. The van der Waals surface area contributed by atoms with Gasteiger partial charge in [-0.05, 0) is 47.5 Å². The summed E-state index contributed by atoms with van der Waals surface area (Å²) in [5, 5.41) is 10.5. The average molecular weight is 314 g/mol. The Morgan fingerprint density at radius 3 is 2.57 bits per heavy atom. The number of carbonyl (C=O) groups is 1. The molecule has 0 bridgehead atoms. The van der Waals surface area contributed by atoms with E-state index in [1.165, 1.54) is 0 Å². The molecule has 1 amide bonds. The largest absolute Gasteiger partial charge is 0.375 e. The van der Waals surface area contributed by atoms with E-state index >= 15 is 0 Å². The van der Waals surface area contributed by atoms with Gasteiger partial charge in [-0.25, -0.2) is 0 Å². The Bertz CT molecular complexity index is 471. The van der Waals surface area contributed by atoms with Crippen molar-refractivity contribution in [3.63, 3.8) is 0 Å². The molecule has 1 aromatic rings. The van der Waals surface area contributed by atoms with Crippen LogP contribution in [0, 0.1) is 6.92 Å². The topological polar surface area (TPSA) is 69.0 Å². The van der Waals surface area contributed by atoms with Gasteiger partial charge in [0.25, 0.3) is 5.24 Å². The first-order chi connectivity index (χ1) is 9.60. The first-order valence-corrected chi connectivity index (χ1v) is 7.56. The summed E-state index contributed by atoms with van der Waals surface area (Å²) in [7, 11) is 0. The lowest BCUT2D eigenvalue weighted by Gasteiger charge is -2.29. The van der Waals surface area contributed by atoms with Gasteiger partial charge in [-0.3, -0.25) is 9.48 Å². The number of aryl methyl sites for hydroxylation is 2. The van der Waals surface area contributed by atoms with E-state index in [9.17, 15) is 4.79 Å². The third kappa shape index (κ3) is 7.47. The van der Waals surface area contributed by atoms with E-state index in [1.54, 1.807) is 0 Å². The van der Waals surface area contributed by atoms with Crippen molar-refractivity contribution in [2.24, 2.45) is 0 Å². The van der Waals surface area contributed by atoms with Crippen molar-refractivity contribution in [2.45, 2.75) is 65.1 Å². The lowest BCUT2D eigenvalue weighted by Crippen LogP contribution is -2.42. The van der Waals surface area contributed by atoms with E-state index in [-0.39, 0.29) is 16.4 Å². The predicted octanol–water partition coefficient (Wildman–Crippen LogP) is 2.58. The van der Waals surface area contributed by atoms with E-state index in [0.717, 1.165) is 25.1 Å². The van der Waals surface area contributed by atoms with Crippen LogP contribution < -0.4 is 5.32 Å². The maximum atomic E-state index is 11.0. The molecule has 0 saturated heterocycles. The smallest absolute Gasteiger partial charge is 0.276 e. The van der Waals surface area contributed by atoms with E-state index in [0.29, 0.717) is 6.61 Å². The van der Waals surface area contributed by atoms with Crippen LogP contribution in [0.2, 0.25) is 0 Å². The number of ether oxygens (including phenoxy) is 1. The van der Waals surface area contributed by atoms with Gasteiger partial charge in [0.2, 0.25) is 0 Å². The van der Waals surface area contributed by atoms with Crippen molar-refractivity contribution in [1.29, 1.82) is 0 Å². The molecule has 1 rings (SSSR count). The summed E-state index contributed by atoms with van der Waals surface area (Å²) in [4.78, 5) is 11.0. The molecule has 0 aliphatic rings. The van der Waals surface area contributed by atoms with Gasteiger partial charge in [0.15, 0.2) is 0 Å². The fourth-order valence-corrected chi connectivity index (χ4v) is 2.20. The Balaban J connectivity index is 2.33. The summed E-state index contributed by atoms with van der Waals surface area (Å²) in [5.74, 6) is 0. The van der Waals surface area contributed by atoms with Crippen LogP contribution in [0.25, 0.3) is 0 Å². The quantitative estimate of drug-likeness (QED) is 0.724. The average Bonchev–Trinajstić information content (AvgIpc) is 2.70. The molecule has 6 nitrogen and oxygen atoms in total. The molecule has 0 radical (unpaired) electrons. The molecule has 0 unspecified atom stereocenters. The third-order valence-corrected chi connectivity index (χ3v) is 3.37. The molecular weight excluding hydrogens is 288 g/mol. The number of rotatable bonds is 8. The fraction of sp³-hybridized carbons (Fsp3) is 0.786. The first kappa shape index (κ1) is 18.0. The predicted molar refractivity (Wildman–Crippen MR) is 85.6 cm³/mol. The number of hydrogen-bond acceptors (Lipinski definition) is 4. The zero-order chi connectivity index (χ0) is 16.1. The number of hydrogen-bond donors (Lipinski definition) is 2. The summed E-state index contributed by atoms with van der Waals surface area (Å²) in [6, 6.07) is 0. The van der Waals surface area contributed by atoms with E-state index in [2.05, 4.69) is 42.1 Å². The van der Waals surface area contributed by atoms with Crippen molar-refractivity contribution >= 4 is 17.9 Å². The van der Waals surface area contributed by atoms with Crippen LogP contribution in [0.5, 0.6) is 0 Å². The molecule has 1 heterocycles. The summed E-state index contributed by atoms with van der Waals surface area (Å²) in [5.41, 5.74) is 0.344. The highest BCUT2D eigenvalue weighted by Gasteiger charge is 2.23. The van der Waals surface area contributed by atoms with E-state index < -0.39 is 0 Å². The highest BCUT2D eigenvalue weighted by atomic mass is 32.1. The maximum Gasteiger partial charge on any atom is 0.276 e. The molecule has 0 fully saturated rings. The molecule has 7 heteroatoms. The van der Waals surface area contributed by atoms with Crippen LogP contribution in [0.4, 0.5) is 4.79 Å². The highest BCUT2D eigenvalue weighted by molar-refractivity contribution is 7.96. The van der Waals surface area contributed by atoms with Gasteiger partial charge < -0.3 is 10.1 Å². The van der Waals surface area contributed by atoms with Gasteiger partial charge in [0.05, 0.1) is 11.3 Å². The van der Waals surface area contributed by atoms with Crippen molar-refractivity contribution in [2.75, 3.05) is 6.61 Å². The highest BCUT2D eigenvalue weighted by Crippen LogP contribution is 2.18. The van der Waals surface area contributed by atoms with Crippen LogP contribution >= 0.6 is 12.6 Å². The molecular formula is C14H26N4O2S. The van der Waals surface area contributed by atoms with Crippen LogP contribution in [0.3, 0.4) is 0 Å². The number of amides is 1. The Labute approximate surface area is 132 Å². The van der Waals surface area contributed by atoms with Gasteiger partial charge in [-0.2, -0.15) is 0 Å². The standard InChI is InChI=1S/C14H26N4O2S/c1-11-10-18(17-16-11)8-6-14(4,5)20-9-7-13(2,3)15-12(19)21/h10H,6-9H2,1-5H3,(H2,15,19,21). The number of aromatic nitrogens is 3. The zero-order valence-corrected chi connectivity index (χ0v) is 14.4. The minimum absolute atomic E-state index is 0.249. The molecule has 0 aliphatic heterocycles. The summed E-state index contributed by atoms with van der Waals surface area (Å²) >= 11 is 3.74. The van der Waals surface area contributed by atoms with Gasteiger partial charge in [0, 0.05) is 24.9 Å². The Kier molecular flexibility index (Phi) is 6.22. The van der Waals surface area contributed by atoms with Crippen LogP contribution in [0.1, 0.15) is 46.2 Å². The number of nitrogens with one attached hydrogen (secondary N) is 1.